The Hall–Kier alpha value is -1.94. The van der Waals surface area contributed by atoms with E-state index < -0.39 is 16.1 Å². The third kappa shape index (κ3) is 6.80. The van der Waals surface area contributed by atoms with Crippen molar-refractivity contribution >= 4 is 27.3 Å². The summed E-state index contributed by atoms with van der Waals surface area (Å²) < 4.78 is 33.3. The van der Waals surface area contributed by atoms with Gasteiger partial charge < -0.3 is 15.0 Å². The second kappa shape index (κ2) is 10.9. The van der Waals surface area contributed by atoms with Gasteiger partial charge in [0.15, 0.2) is 0 Å². The first-order chi connectivity index (χ1) is 14.1. The SMILES string of the molecule is COc1ccc(S(=O)(=O)NC(CC(C)C)C(=O)NCC(c2ccsc2)N(C)C)cc1. The van der Waals surface area contributed by atoms with Gasteiger partial charge in [0.25, 0.3) is 0 Å². The van der Waals surface area contributed by atoms with Gasteiger partial charge in [0, 0.05) is 6.54 Å². The smallest absolute Gasteiger partial charge is 0.241 e. The lowest BCUT2D eigenvalue weighted by molar-refractivity contribution is -0.123. The lowest BCUT2D eigenvalue weighted by atomic mass is 10.0. The average molecular weight is 454 g/mol. The summed E-state index contributed by atoms with van der Waals surface area (Å²) in [4.78, 5) is 15.0. The van der Waals surface area contributed by atoms with E-state index in [1.807, 2.05) is 44.3 Å². The number of carbonyl (C=O) groups excluding carboxylic acids is 1. The van der Waals surface area contributed by atoms with Crippen LogP contribution < -0.4 is 14.8 Å². The monoisotopic (exact) mass is 453 g/mol. The van der Waals surface area contributed by atoms with Crippen molar-refractivity contribution < 1.29 is 17.9 Å². The lowest BCUT2D eigenvalue weighted by Gasteiger charge is -2.26. The number of nitrogens with one attached hydrogen (secondary N) is 2. The molecule has 0 spiro atoms. The Morgan fingerprint density at radius 1 is 1.17 bits per heavy atom. The number of rotatable bonds is 11. The topological polar surface area (TPSA) is 87.7 Å². The highest BCUT2D eigenvalue weighted by Gasteiger charge is 2.27. The van der Waals surface area contributed by atoms with E-state index >= 15 is 0 Å². The number of amides is 1. The van der Waals surface area contributed by atoms with E-state index in [-0.39, 0.29) is 22.8 Å². The number of sulfonamides is 1. The largest absolute Gasteiger partial charge is 0.497 e. The summed E-state index contributed by atoms with van der Waals surface area (Å²) in [5.41, 5.74) is 1.12. The van der Waals surface area contributed by atoms with Crippen molar-refractivity contribution in [3.8, 4) is 5.75 Å². The van der Waals surface area contributed by atoms with E-state index in [0.717, 1.165) is 5.56 Å². The maximum atomic E-state index is 12.9. The first-order valence-electron chi connectivity index (χ1n) is 9.76. The standard InChI is InChI=1S/C21H31N3O4S2/c1-15(2)12-19(23-30(26,27)18-8-6-17(28-5)7-9-18)21(25)22-13-20(24(3)4)16-10-11-29-14-16/h6-11,14-15,19-20,23H,12-13H2,1-5H3,(H,22,25). The molecule has 1 aromatic heterocycles. The molecule has 1 aromatic carbocycles. The molecule has 30 heavy (non-hydrogen) atoms. The molecular formula is C21H31N3O4S2. The minimum absolute atomic E-state index is 0.0121. The van der Waals surface area contributed by atoms with Crippen LogP contribution in [0.1, 0.15) is 31.9 Å². The summed E-state index contributed by atoms with van der Waals surface area (Å²) in [5, 5.41) is 6.98. The maximum Gasteiger partial charge on any atom is 0.241 e. The molecule has 0 saturated carbocycles. The zero-order valence-electron chi connectivity index (χ0n) is 18.1. The van der Waals surface area contributed by atoms with Crippen LogP contribution >= 0.6 is 11.3 Å². The zero-order chi connectivity index (χ0) is 22.3. The molecular weight excluding hydrogens is 422 g/mol. The van der Waals surface area contributed by atoms with Gasteiger partial charge in [0.05, 0.1) is 18.0 Å². The summed E-state index contributed by atoms with van der Waals surface area (Å²) in [6, 6.07) is 7.26. The average Bonchev–Trinajstić information content (AvgIpc) is 3.21. The Labute approximate surface area is 183 Å². The minimum Gasteiger partial charge on any atom is -0.497 e. The van der Waals surface area contributed by atoms with Crippen LogP contribution in [0.4, 0.5) is 0 Å². The summed E-state index contributed by atoms with van der Waals surface area (Å²) >= 11 is 1.60. The molecule has 0 bridgehead atoms. The maximum absolute atomic E-state index is 12.9. The Balaban J connectivity index is 2.12. The van der Waals surface area contributed by atoms with Crippen LogP contribution in [0.15, 0.2) is 46.0 Å². The number of likely N-dealkylation sites (N-methyl/N-ethyl adjacent to an activating group) is 1. The second-order valence-electron chi connectivity index (χ2n) is 7.76. The van der Waals surface area contributed by atoms with Crippen LogP contribution in [-0.2, 0) is 14.8 Å². The van der Waals surface area contributed by atoms with Crippen molar-refractivity contribution in [3.05, 3.63) is 46.7 Å². The van der Waals surface area contributed by atoms with Crippen molar-refractivity contribution in [2.75, 3.05) is 27.7 Å². The van der Waals surface area contributed by atoms with Crippen molar-refractivity contribution in [1.82, 2.24) is 14.9 Å². The molecule has 0 radical (unpaired) electrons. The van der Waals surface area contributed by atoms with Crippen LogP contribution in [0.5, 0.6) is 5.75 Å². The fraction of sp³-hybridized carbons (Fsp3) is 0.476. The van der Waals surface area contributed by atoms with Crippen LogP contribution in [0.3, 0.4) is 0 Å². The normalized spacial score (nSPS) is 14.0. The quantitative estimate of drug-likeness (QED) is 0.546. The van der Waals surface area contributed by atoms with Gasteiger partial charge in [-0.25, -0.2) is 8.42 Å². The van der Waals surface area contributed by atoms with Gasteiger partial charge >= 0.3 is 0 Å². The first-order valence-corrected chi connectivity index (χ1v) is 12.2. The van der Waals surface area contributed by atoms with Crippen LogP contribution in [0, 0.1) is 5.92 Å². The molecule has 2 aromatic rings. The van der Waals surface area contributed by atoms with E-state index in [2.05, 4.69) is 15.4 Å². The molecule has 0 aliphatic carbocycles. The highest BCUT2D eigenvalue weighted by atomic mass is 32.2. The number of methoxy groups -OCH3 is 1. The number of nitrogens with zero attached hydrogens (tertiary/aromatic N) is 1. The number of benzene rings is 1. The number of hydrogen-bond donors (Lipinski definition) is 2. The van der Waals surface area contributed by atoms with E-state index in [9.17, 15) is 13.2 Å². The Morgan fingerprint density at radius 2 is 1.83 bits per heavy atom. The molecule has 2 rings (SSSR count). The van der Waals surface area contributed by atoms with Crippen LogP contribution in [0.2, 0.25) is 0 Å². The Morgan fingerprint density at radius 3 is 2.33 bits per heavy atom. The van der Waals surface area contributed by atoms with Gasteiger partial charge in [-0.05, 0) is 73.1 Å². The predicted octanol–water partition coefficient (Wildman–Crippen LogP) is 2.87. The molecule has 7 nitrogen and oxygen atoms in total. The third-order valence-corrected chi connectivity index (χ3v) is 6.90. The summed E-state index contributed by atoms with van der Waals surface area (Å²) in [6.07, 6.45) is 0.395. The van der Waals surface area contributed by atoms with Gasteiger partial charge in [-0.3, -0.25) is 4.79 Å². The van der Waals surface area contributed by atoms with E-state index in [1.165, 1.54) is 19.2 Å². The van der Waals surface area contributed by atoms with Crippen LogP contribution in [-0.4, -0.2) is 53.0 Å². The molecule has 2 unspecified atom stereocenters. The van der Waals surface area contributed by atoms with Gasteiger partial charge in [0.1, 0.15) is 11.8 Å². The summed E-state index contributed by atoms with van der Waals surface area (Å²) in [6.45, 7) is 4.30. The van der Waals surface area contributed by atoms with Crippen LogP contribution in [0.25, 0.3) is 0 Å². The predicted molar refractivity (Wildman–Crippen MR) is 120 cm³/mol. The molecule has 166 valence electrons. The van der Waals surface area contributed by atoms with E-state index in [0.29, 0.717) is 18.7 Å². The lowest BCUT2D eigenvalue weighted by Crippen LogP contribution is -2.48. The minimum atomic E-state index is -3.85. The van der Waals surface area contributed by atoms with Gasteiger partial charge in [-0.15, -0.1) is 0 Å². The van der Waals surface area contributed by atoms with Gasteiger partial charge in [0.2, 0.25) is 15.9 Å². The third-order valence-electron chi connectivity index (χ3n) is 4.71. The number of carbonyl (C=O) groups is 1. The van der Waals surface area contributed by atoms with E-state index in [4.69, 9.17) is 4.74 Å². The zero-order valence-corrected chi connectivity index (χ0v) is 19.7. The second-order valence-corrected chi connectivity index (χ2v) is 10.3. The summed E-state index contributed by atoms with van der Waals surface area (Å²) in [7, 11) is 1.57. The van der Waals surface area contributed by atoms with Crippen molar-refractivity contribution in [1.29, 1.82) is 0 Å². The number of thiophene rings is 1. The molecule has 0 aliphatic heterocycles. The molecule has 2 atom stereocenters. The van der Waals surface area contributed by atoms with Crippen molar-refractivity contribution in [3.63, 3.8) is 0 Å². The Kier molecular flexibility index (Phi) is 8.84. The number of ether oxygens (including phenoxy) is 1. The molecule has 1 amide bonds. The van der Waals surface area contributed by atoms with Gasteiger partial charge in [-0.2, -0.15) is 16.1 Å². The fourth-order valence-electron chi connectivity index (χ4n) is 3.07. The fourth-order valence-corrected chi connectivity index (χ4v) is 4.99. The highest BCUT2D eigenvalue weighted by Crippen LogP contribution is 2.20. The first kappa shape index (κ1) is 24.3. The van der Waals surface area contributed by atoms with Crippen molar-refractivity contribution in [2.24, 2.45) is 5.92 Å². The highest BCUT2D eigenvalue weighted by molar-refractivity contribution is 7.89. The molecule has 0 saturated heterocycles. The molecule has 9 heteroatoms. The molecule has 2 N–H and O–H groups in total. The van der Waals surface area contributed by atoms with Gasteiger partial charge in [-0.1, -0.05) is 13.8 Å². The Bertz CT molecular complexity index is 895. The molecule has 1 heterocycles. The number of hydrogen-bond acceptors (Lipinski definition) is 6. The van der Waals surface area contributed by atoms with Crippen molar-refractivity contribution in [2.45, 2.75) is 37.2 Å². The summed E-state index contributed by atoms with van der Waals surface area (Å²) in [5.74, 6) is 0.372. The molecule has 0 aliphatic rings. The van der Waals surface area contributed by atoms with E-state index in [1.54, 1.807) is 23.5 Å². The molecule has 0 fully saturated rings.